The highest BCUT2D eigenvalue weighted by molar-refractivity contribution is 5.95. The Balaban J connectivity index is 2.01. The van der Waals surface area contributed by atoms with Crippen molar-refractivity contribution in [3.05, 3.63) is 29.8 Å². The Morgan fingerprint density at radius 1 is 1.15 bits per heavy atom. The van der Waals surface area contributed by atoms with Crippen molar-refractivity contribution in [2.45, 2.75) is 72.1 Å². The van der Waals surface area contributed by atoms with Crippen molar-refractivity contribution in [2.75, 3.05) is 40.5 Å². The predicted molar refractivity (Wildman–Crippen MR) is 148 cm³/mol. The van der Waals surface area contributed by atoms with Gasteiger partial charge in [-0.1, -0.05) is 13.8 Å². The second kappa shape index (κ2) is 13.4. The summed E-state index contributed by atoms with van der Waals surface area (Å²) in [4.78, 5) is 47.8. The summed E-state index contributed by atoms with van der Waals surface area (Å²) in [6, 6.07) is 3.79. The van der Waals surface area contributed by atoms with Gasteiger partial charge in [0.1, 0.15) is 11.4 Å². The second-order valence-corrected chi connectivity index (χ2v) is 11.8. The number of unbranched alkanes of at least 4 members (excludes halogenated alkanes) is 1. The zero-order valence-electron chi connectivity index (χ0n) is 24.7. The third-order valence-corrected chi connectivity index (χ3v) is 6.76. The molecule has 0 bridgehead atoms. The number of esters is 1. The molecule has 2 aromatic rings. The van der Waals surface area contributed by atoms with Gasteiger partial charge in [0.2, 0.25) is 0 Å². The molecule has 222 valence electrons. The number of fused-ring (bicyclic) bond motifs is 1. The van der Waals surface area contributed by atoms with Crippen LogP contribution in [0.5, 0.6) is 0 Å². The number of aromatic nitrogens is 2. The molecule has 11 heteroatoms. The lowest BCUT2D eigenvalue weighted by Gasteiger charge is -2.42. The standard InChI is InChI=1S/C29H43FN4O6/c1-19(2)16-34(22-14-20(27(36)39-7)17-32(18-22)28(37)40-29(3,4)5)26(35)25-31-23-11-10-21(30)15-24(23)33(25)12-8-9-13-38-6/h10-11,15,19-20,22H,8-9,12-14,16-18H2,1-7H3. The monoisotopic (exact) mass is 562 g/mol. The van der Waals surface area contributed by atoms with Gasteiger partial charge >= 0.3 is 12.1 Å². The number of halogens is 1. The number of amides is 2. The van der Waals surface area contributed by atoms with Crippen LogP contribution < -0.4 is 0 Å². The van der Waals surface area contributed by atoms with E-state index in [0.29, 0.717) is 43.6 Å². The normalized spacial score (nSPS) is 17.8. The summed E-state index contributed by atoms with van der Waals surface area (Å²) in [5, 5.41) is 0. The van der Waals surface area contributed by atoms with E-state index in [9.17, 15) is 18.8 Å². The average molecular weight is 563 g/mol. The van der Waals surface area contributed by atoms with Crippen LogP contribution in [0.2, 0.25) is 0 Å². The van der Waals surface area contributed by atoms with Crippen LogP contribution in [0, 0.1) is 17.7 Å². The molecule has 0 aliphatic carbocycles. The molecule has 1 aliphatic heterocycles. The Kier molecular flexibility index (Phi) is 10.5. The first kappa shape index (κ1) is 31.3. The molecule has 1 aliphatic rings. The van der Waals surface area contributed by atoms with Gasteiger partial charge in [0.05, 0.1) is 30.1 Å². The molecule has 1 saturated heterocycles. The zero-order chi connectivity index (χ0) is 29.6. The summed E-state index contributed by atoms with van der Waals surface area (Å²) in [5.74, 6) is -1.53. The van der Waals surface area contributed by atoms with Crippen molar-refractivity contribution in [3.63, 3.8) is 0 Å². The van der Waals surface area contributed by atoms with Crippen LogP contribution in [0.4, 0.5) is 9.18 Å². The lowest BCUT2D eigenvalue weighted by molar-refractivity contribution is -0.148. The average Bonchev–Trinajstić information content (AvgIpc) is 3.25. The number of hydrogen-bond acceptors (Lipinski definition) is 7. The number of aryl methyl sites for hydroxylation is 1. The van der Waals surface area contributed by atoms with Crippen LogP contribution in [0.3, 0.4) is 0 Å². The van der Waals surface area contributed by atoms with Crippen molar-refractivity contribution in [1.29, 1.82) is 0 Å². The number of methoxy groups -OCH3 is 2. The molecule has 3 rings (SSSR count). The van der Waals surface area contributed by atoms with Crippen molar-refractivity contribution >= 4 is 29.0 Å². The van der Waals surface area contributed by atoms with E-state index in [2.05, 4.69) is 4.98 Å². The molecule has 2 heterocycles. The van der Waals surface area contributed by atoms with Gasteiger partial charge in [0.15, 0.2) is 5.82 Å². The number of carbonyl (C=O) groups is 3. The largest absolute Gasteiger partial charge is 0.469 e. The first-order valence-corrected chi connectivity index (χ1v) is 13.9. The number of rotatable bonds is 10. The summed E-state index contributed by atoms with van der Waals surface area (Å²) in [5.41, 5.74) is 0.338. The summed E-state index contributed by atoms with van der Waals surface area (Å²) in [7, 11) is 2.94. The molecule has 1 aromatic carbocycles. The van der Waals surface area contributed by atoms with Crippen LogP contribution in [-0.2, 0) is 25.5 Å². The number of ether oxygens (including phenoxy) is 3. The third kappa shape index (κ3) is 7.93. The number of hydrogen-bond donors (Lipinski definition) is 0. The smallest absolute Gasteiger partial charge is 0.410 e. The van der Waals surface area contributed by atoms with Gasteiger partial charge in [0, 0.05) is 39.9 Å². The maximum atomic E-state index is 14.3. The summed E-state index contributed by atoms with van der Waals surface area (Å²) < 4.78 is 31.8. The van der Waals surface area contributed by atoms with Gasteiger partial charge in [-0.2, -0.15) is 0 Å². The number of imidazole rings is 1. The van der Waals surface area contributed by atoms with Crippen molar-refractivity contribution in [2.24, 2.45) is 11.8 Å². The van der Waals surface area contributed by atoms with Gasteiger partial charge in [0.25, 0.3) is 5.91 Å². The number of carbonyl (C=O) groups excluding carboxylic acids is 3. The van der Waals surface area contributed by atoms with Gasteiger partial charge < -0.3 is 28.6 Å². The Morgan fingerprint density at radius 2 is 1.88 bits per heavy atom. The molecule has 1 aromatic heterocycles. The highest BCUT2D eigenvalue weighted by atomic mass is 19.1. The highest BCUT2D eigenvalue weighted by Gasteiger charge is 2.41. The lowest BCUT2D eigenvalue weighted by Crippen LogP contribution is -2.57. The molecule has 2 amide bonds. The summed E-state index contributed by atoms with van der Waals surface area (Å²) >= 11 is 0. The molecule has 0 N–H and O–H groups in total. The molecule has 2 unspecified atom stereocenters. The topological polar surface area (TPSA) is 103 Å². The number of piperidine rings is 1. The van der Waals surface area contributed by atoms with Crippen LogP contribution >= 0.6 is 0 Å². The maximum absolute atomic E-state index is 14.3. The number of benzene rings is 1. The predicted octanol–water partition coefficient (Wildman–Crippen LogP) is 4.50. The summed E-state index contributed by atoms with van der Waals surface area (Å²) in [6.07, 6.45) is 1.25. The van der Waals surface area contributed by atoms with E-state index in [1.165, 1.54) is 24.1 Å². The van der Waals surface area contributed by atoms with E-state index in [1.807, 2.05) is 13.8 Å². The van der Waals surface area contributed by atoms with Crippen LogP contribution in [0.1, 0.15) is 64.5 Å². The van der Waals surface area contributed by atoms with E-state index in [0.717, 1.165) is 6.42 Å². The van der Waals surface area contributed by atoms with Gasteiger partial charge in [-0.25, -0.2) is 14.2 Å². The van der Waals surface area contributed by atoms with Crippen molar-refractivity contribution < 1.29 is 33.0 Å². The zero-order valence-corrected chi connectivity index (χ0v) is 24.7. The van der Waals surface area contributed by atoms with Crippen LogP contribution in [0.15, 0.2) is 18.2 Å². The first-order chi connectivity index (χ1) is 18.8. The molecule has 0 radical (unpaired) electrons. The maximum Gasteiger partial charge on any atom is 0.410 e. The van der Waals surface area contributed by atoms with E-state index in [1.54, 1.807) is 43.4 Å². The van der Waals surface area contributed by atoms with E-state index in [-0.39, 0.29) is 30.7 Å². The fraction of sp³-hybridized carbons (Fsp3) is 0.655. The Labute approximate surface area is 235 Å². The van der Waals surface area contributed by atoms with Gasteiger partial charge in [-0.15, -0.1) is 0 Å². The molecule has 40 heavy (non-hydrogen) atoms. The van der Waals surface area contributed by atoms with E-state index >= 15 is 0 Å². The fourth-order valence-corrected chi connectivity index (χ4v) is 5.03. The molecule has 10 nitrogen and oxygen atoms in total. The van der Waals surface area contributed by atoms with Crippen LogP contribution in [0.25, 0.3) is 11.0 Å². The van der Waals surface area contributed by atoms with E-state index < -0.39 is 35.4 Å². The second-order valence-electron chi connectivity index (χ2n) is 11.8. The third-order valence-electron chi connectivity index (χ3n) is 6.76. The van der Waals surface area contributed by atoms with Crippen LogP contribution in [-0.4, -0.2) is 89.4 Å². The Bertz CT molecular complexity index is 1190. The molecule has 2 atom stereocenters. The Morgan fingerprint density at radius 3 is 2.50 bits per heavy atom. The molecule has 1 fully saturated rings. The minimum atomic E-state index is -0.721. The summed E-state index contributed by atoms with van der Waals surface area (Å²) in [6.45, 7) is 11.1. The molecule has 0 spiro atoms. The van der Waals surface area contributed by atoms with Crippen molar-refractivity contribution in [1.82, 2.24) is 19.4 Å². The molecule has 0 saturated carbocycles. The molecular weight excluding hydrogens is 519 g/mol. The highest BCUT2D eigenvalue weighted by Crippen LogP contribution is 2.27. The van der Waals surface area contributed by atoms with Crippen molar-refractivity contribution in [3.8, 4) is 0 Å². The number of nitrogens with zero attached hydrogens (tertiary/aromatic N) is 4. The number of likely N-dealkylation sites (tertiary alicyclic amines) is 1. The quantitative estimate of drug-likeness (QED) is 0.310. The minimum absolute atomic E-state index is 0.0920. The van der Waals surface area contributed by atoms with E-state index in [4.69, 9.17) is 14.2 Å². The minimum Gasteiger partial charge on any atom is -0.469 e. The molecular formula is C29H43FN4O6. The van der Waals surface area contributed by atoms with Gasteiger partial charge in [-0.3, -0.25) is 9.59 Å². The fourth-order valence-electron chi connectivity index (χ4n) is 5.03. The lowest BCUT2D eigenvalue weighted by atomic mass is 9.92. The SMILES string of the molecule is COCCCCn1c(C(=O)N(CC(C)C)C2CC(C(=O)OC)CN(C(=O)OC(C)(C)C)C2)nc2ccc(F)cc21. The Hall–Kier alpha value is -3.21. The van der Waals surface area contributed by atoms with Gasteiger partial charge in [-0.05, 0) is 64.2 Å². The first-order valence-electron chi connectivity index (χ1n) is 13.9.